The van der Waals surface area contributed by atoms with Crippen LogP contribution in [0.25, 0.3) is 0 Å². The summed E-state index contributed by atoms with van der Waals surface area (Å²) in [6, 6.07) is 8.61. The second-order valence-electron chi connectivity index (χ2n) is 6.59. The maximum absolute atomic E-state index is 12.4. The molecule has 8 nitrogen and oxygen atoms in total. The summed E-state index contributed by atoms with van der Waals surface area (Å²) in [5, 5.41) is 5.38. The summed E-state index contributed by atoms with van der Waals surface area (Å²) < 4.78 is 11.5. The lowest BCUT2D eigenvalue weighted by molar-refractivity contribution is -0.126. The van der Waals surface area contributed by atoms with Gasteiger partial charge in [0.15, 0.2) is 0 Å². The van der Waals surface area contributed by atoms with E-state index in [4.69, 9.17) is 15.2 Å². The number of pyridine rings is 1. The van der Waals surface area contributed by atoms with Crippen molar-refractivity contribution >= 4 is 17.5 Å². The molecule has 2 amide bonds. The minimum atomic E-state index is -0.491. The molecule has 2 heterocycles. The molecule has 0 aliphatic carbocycles. The van der Waals surface area contributed by atoms with E-state index in [2.05, 4.69) is 15.6 Å². The average molecular weight is 384 g/mol. The normalized spacial score (nSPS) is 18.5. The monoisotopic (exact) mass is 384 g/mol. The van der Waals surface area contributed by atoms with E-state index in [0.717, 1.165) is 12.0 Å². The van der Waals surface area contributed by atoms with E-state index in [0.29, 0.717) is 30.2 Å². The molecule has 28 heavy (non-hydrogen) atoms. The van der Waals surface area contributed by atoms with Crippen molar-refractivity contribution in [3.05, 3.63) is 47.8 Å². The standard InChI is InChI=1S/C20H24N4O4/c1-12-3-4-13(24-20(26)17-6-5-15(11-21)28-17)9-18(12)27-14-7-8-23-16(10-14)19(25)22-2/h3-4,7-10,15,17H,5-6,11,21H2,1-2H3,(H,22,25)(H,24,26)/t15-,17+/m1/s1. The number of carbonyl (C=O) groups is 2. The van der Waals surface area contributed by atoms with Crippen molar-refractivity contribution in [2.75, 3.05) is 18.9 Å². The second-order valence-corrected chi connectivity index (χ2v) is 6.59. The molecule has 4 N–H and O–H groups in total. The van der Waals surface area contributed by atoms with Crippen LogP contribution in [0.15, 0.2) is 36.5 Å². The zero-order valence-corrected chi connectivity index (χ0v) is 15.9. The lowest BCUT2D eigenvalue weighted by atomic mass is 10.1. The van der Waals surface area contributed by atoms with Crippen molar-refractivity contribution in [3.8, 4) is 11.5 Å². The van der Waals surface area contributed by atoms with Gasteiger partial charge in [0.05, 0.1) is 6.10 Å². The first-order valence-electron chi connectivity index (χ1n) is 9.13. The molecule has 2 aromatic rings. The van der Waals surface area contributed by atoms with Gasteiger partial charge in [-0.15, -0.1) is 0 Å². The van der Waals surface area contributed by atoms with E-state index in [1.807, 2.05) is 13.0 Å². The Bertz CT molecular complexity index is 871. The van der Waals surface area contributed by atoms with Crippen LogP contribution in [0, 0.1) is 6.92 Å². The summed E-state index contributed by atoms with van der Waals surface area (Å²) in [5.74, 6) is 0.552. The van der Waals surface area contributed by atoms with E-state index < -0.39 is 6.10 Å². The summed E-state index contributed by atoms with van der Waals surface area (Å²) in [6.45, 7) is 2.31. The van der Waals surface area contributed by atoms with Crippen molar-refractivity contribution in [2.45, 2.75) is 32.0 Å². The first kappa shape index (κ1) is 19.8. The first-order valence-corrected chi connectivity index (χ1v) is 9.13. The largest absolute Gasteiger partial charge is 0.457 e. The second kappa shape index (κ2) is 8.81. The van der Waals surface area contributed by atoms with E-state index in [-0.39, 0.29) is 23.6 Å². The Labute approximate surface area is 163 Å². The molecule has 1 aromatic heterocycles. The molecule has 8 heteroatoms. The van der Waals surface area contributed by atoms with Crippen LogP contribution in [-0.2, 0) is 9.53 Å². The number of benzene rings is 1. The maximum atomic E-state index is 12.4. The van der Waals surface area contributed by atoms with Crippen molar-refractivity contribution in [1.29, 1.82) is 0 Å². The lowest BCUT2D eigenvalue weighted by Crippen LogP contribution is -2.29. The molecule has 1 aliphatic rings. The Morgan fingerprint density at radius 2 is 2.11 bits per heavy atom. The van der Waals surface area contributed by atoms with E-state index in [1.54, 1.807) is 24.3 Å². The van der Waals surface area contributed by atoms with Crippen molar-refractivity contribution in [1.82, 2.24) is 10.3 Å². The quantitative estimate of drug-likeness (QED) is 0.701. The van der Waals surface area contributed by atoms with Gasteiger partial charge >= 0.3 is 0 Å². The average Bonchev–Trinajstić information content (AvgIpc) is 3.19. The van der Waals surface area contributed by atoms with Crippen LogP contribution in [0.2, 0.25) is 0 Å². The van der Waals surface area contributed by atoms with Crippen molar-refractivity contribution < 1.29 is 19.1 Å². The number of ether oxygens (including phenoxy) is 2. The van der Waals surface area contributed by atoms with Gasteiger partial charge in [0.25, 0.3) is 11.8 Å². The number of carbonyl (C=O) groups excluding carboxylic acids is 2. The summed E-state index contributed by atoms with van der Waals surface area (Å²) in [4.78, 5) is 28.2. The number of aromatic nitrogens is 1. The number of amides is 2. The third-order valence-corrected chi connectivity index (χ3v) is 4.54. The Morgan fingerprint density at radius 1 is 1.29 bits per heavy atom. The van der Waals surface area contributed by atoms with Gasteiger partial charge in [-0.05, 0) is 37.5 Å². The smallest absolute Gasteiger partial charge is 0.269 e. The van der Waals surface area contributed by atoms with E-state index >= 15 is 0 Å². The van der Waals surface area contributed by atoms with Gasteiger partial charge in [-0.3, -0.25) is 14.6 Å². The first-order chi connectivity index (χ1) is 13.5. The topological polar surface area (TPSA) is 116 Å². The van der Waals surface area contributed by atoms with E-state index in [1.165, 1.54) is 13.2 Å². The lowest BCUT2D eigenvalue weighted by Gasteiger charge is -2.15. The maximum Gasteiger partial charge on any atom is 0.269 e. The number of aryl methyl sites for hydroxylation is 1. The Morgan fingerprint density at radius 3 is 2.82 bits per heavy atom. The Hall–Kier alpha value is -2.97. The molecule has 1 aliphatic heterocycles. The highest BCUT2D eigenvalue weighted by Gasteiger charge is 2.29. The zero-order chi connectivity index (χ0) is 20.1. The molecule has 1 aromatic carbocycles. The van der Waals surface area contributed by atoms with Gasteiger partial charge in [0.2, 0.25) is 0 Å². The molecule has 148 valence electrons. The van der Waals surface area contributed by atoms with Crippen molar-refractivity contribution in [2.24, 2.45) is 5.73 Å². The molecule has 0 bridgehead atoms. The predicted molar refractivity (Wildman–Crippen MR) is 104 cm³/mol. The Kier molecular flexibility index (Phi) is 6.23. The number of nitrogens with one attached hydrogen (secondary N) is 2. The SMILES string of the molecule is CNC(=O)c1cc(Oc2cc(NC(=O)[C@@H]3CC[C@H](CN)O3)ccc2C)ccn1. The number of hydrogen-bond donors (Lipinski definition) is 3. The number of nitrogens with zero attached hydrogens (tertiary/aromatic N) is 1. The number of hydrogen-bond acceptors (Lipinski definition) is 6. The zero-order valence-electron chi connectivity index (χ0n) is 15.9. The predicted octanol–water partition coefficient (Wildman–Crippen LogP) is 1.99. The van der Waals surface area contributed by atoms with Gasteiger partial charge < -0.3 is 25.8 Å². The fourth-order valence-corrected chi connectivity index (χ4v) is 2.94. The van der Waals surface area contributed by atoms with Crippen molar-refractivity contribution in [3.63, 3.8) is 0 Å². The number of anilines is 1. The van der Waals surface area contributed by atoms with Crippen LogP contribution < -0.4 is 21.1 Å². The molecule has 2 atom stereocenters. The molecule has 0 unspecified atom stereocenters. The van der Waals surface area contributed by atoms with Gasteiger partial charge in [0, 0.05) is 37.6 Å². The number of nitrogens with two attached hydrogens (primary N) is 1. The summed E-state index contributed by atoms with van der Waals surface area (Å²) in [6.07, 6.45) is 2.39. The molecule has 0 saturated carbocycles. The van der Waals surface area contributed by atoms with E-state index in [9.17, 15) is 9.59 Å². The highest BCUT2D eigenvalue weighted by molar-refractivity contribution is 5.94. The molecule has 0 spiro atoms. The Balaban J connectivity index is 1.71. The molecule has 1 saturated heterocycles. The third-order valence-electron chi connectivity index (χ3n) is 4.54. The molecule has 0 radical (unpaired) electrons. The fourth-order valence-electron chi connectivity index (χ4n) is 2.94. The molecule has 1 fully saturated rings. The van der Waals surface area contributed by atoms with Crippen LogP contribution in [0.5, 0.6) is 11.5 Å². The van der Waals surface area contributed by atoms with Gasteiger partial charge in [-0.2, -0.15) is 0 Å². The molecule has 3 rings (SSSR count). The minimum absolute atomic E-state index is 0.0612. The minimum Gasteiger partial charge on any atom is -0.457 e. The van der Waals surface area contributed by atoms with Crippen LogP contribution in [0.1, 0.15) is 28.9 Å². The highest BCUT2D eigenvalue weighted by Crippen LogP contribution is 2.29. The van der Waals surface area contributed by atoms with Crippen LogP contribution in [0.3, 0.4) is 0 Å². The summed E-state index contributed by atoms with van der Waals surface area (Å²) in [7, 11) is 1.54. The van der Waals surface area contributed by atoms with Crippen LogP contribution in [0.4, 0.5) is 5.69 Å². The third kappa shape index (κ3) is 4.65. The molecular formula is C20H24N4O4. The fraction of sp³-hybridized carbons (Fsp3) is 0.350. The number of rotatable bonds is 6. The summed E-state index contributed by atoms with van der Waals surface area (Å²) >= 11 is 0. The van der Waals surface area contributed by atoms with Crippen LogP contribution in [-0.4, -0.2) is 42.6 Å². The summed E-state index contributed by atoms with van der Waals surface area (Å²) in [5.41, 5.74) is 7.34. The molecular weight excluding hydrogens is 360 g/mol. The highest BCUT2D eigenvalue weighted by atomic mass is 16.5. The van der Waals surface area contributed by atoms with Gasteiger partial charge in [0.1, 0.15) is 23.3 Å². The van der Waals surface area contributed by atoms with Gasteiger partial charge in [-0.25, -0.2) is 0 Å². The van der Waals surface area contributed by atoms with Crippen LogP contribution >= 0.6 is 0 Å². The van der Waals surface area contributed by atoms with Gasteiger partial charge in [-0.1, -0.05) is 6.07 Å².